The summed E-state index contributed by atoms with van der Waals surface area (Å²) in [4.78, 5) is 12.6. The zero-order chi connectivity index (χ0) is 27.2. The number of hydrogen-bond donors (Lipinski definition) is 2. The largest absolute Gasteiger partial charge is 0.465 e. The Morgan fingerprint density at radius 2 is 0.919 bits per heavy atom. The molecule has 2 unspecified atom stereocenters. The number of rotatable bonds is 30. The van der Waals surface area contributed by atoms with Crippen LogP contribution < -0.4 is 0 Å². The number of unbranched alkanes of at least 4 members (excludes halogenated alkanes) is 22. The van der Waals surface area contributed by atoms with Gasteiger partial charge in [-0.05, 0) is 19.3 Å². The second-order valence-corrected chi connectivity index (χ2v) is 11.5. The van der Waals surface area contributed by atoms with Gasteiger partial charge in [0, 0.05) is 0 Å². The highest BCUT2D eigenvalue weighted by molar-refractivity contribution is 5.72. The lowest BCUT2D eigenvalue weighted by Crippen LogP contribution is -2.25. The molecule has 0 aromatic heterocycles. The number of aliphatic hydroxyl groups is 2. The van der Waals surface area contributed by atoms with E-state index in [1.54, 1.807) is 0 Å². The molecule has 0 fully saturated rings. The van der Waals surface area contributed by atoms with E-state index in [4.69, 9.17) is 4.74 Å². The number of aliphatic hydroxyl groups excluding tert-OH is 2. The van der Waals surface area contributed by atoms with Gasteiger partial charge < -0.3 is 14.9 Å². The summed E-state index contributed by atoms with van der Waals surface area (Å²) >= 11 is 0. The Morgan fingerprint density at radius 1 is 0.568 bits per heavy atom. The van der Waals surface area contributed by atoms with Gasteiger partial charge in [-0.25, -0.2) is 0 Å². The molecular weight excluding hydrogens is 460 g/mol. The molecule has 0 heterocycles. The van der Waals surface area contributed by atoms with Gasteiger partial charge in [-0.3, -0.25) is 4.79 Å². The smallest absolute Gasteiger partial charge is 0.309 e. The molecule has 0 aliphatic heterocycles. The van der Waals surface area contributed by atoms with Crippen LogP contribution in [0.15, 0.2) is 0 Å². The SMILES string of the molecule is CCCCCCCCCCCCCCCCC(CC(O)CO)C(=O)OCCCCCCCCCCCC. The van der Waals surface area contributed by atoms with Crippen molar-refractivity contribution in [2.45, 2.75) is 187 Å². The molecule has 37 heavy (non-hydrogen) atoms. The molecule has 222 valence electrons. The van der Waals surface area contributed by atoms with Crippen molar-refractivity contribution in [3.8, 4) is 0 Å². The van der Waals surface area contributed by atoms with E-state index in [1.807, 2.05) is 0 Å². The summed E-state index contributed by atoms with van der Waals surface area (Å²) in [7, 11) is 0. The third-order valence-electron chi connectivity index (χ3n) is 7.75. The molecule has 4 nitrogen and oxygen atoms in total. The zero-order valence-electron chi connectivity index (χ0n) is 25.2. The van der Waals surface area contributed by atoms with Gasteiger partial charge in [0.15, 0.2) is 0 Å². The normalized spacial score (nSPS) is 13.1. The lowest BCUT2D eigenvalue weighted by atomic mass is 9.94. The molecule has 0 aromatic carbocycles. The summed E-state index contributed by atoms with van der Waals surface area (Å²) < 4.78 is 5.56. The Morgan fingerprint density at radius 3 is 1.30 bits per heavy atom. The van der Waals surface area contributed by atoms with Gasteiger partial charge in [-0.2, -0.15) is 0 Å². The van der Waals surface area contributed by atoms with Crippen LogP contribution in [0.1, 0.15) is 181 Å². The second-order valence-electron chi connectivity index (χ2n) is 11.5. The van der Waals surface area contributed by atoms with Gasteiger partial charge in [-0.1, -0.05) is 162 Å². The van der Waals surface area contributed by atoms with Crippen molar-refractivity contribution in [1.29, 1.82) is 0 Å². The highest BCUT2D eigenvalue weighted by Gasteiger charge is 2.22. The third kappa shape index (κ3) is 26.8. The van der Waals surface area contributed by atoms with Crippen LogP contribution in [0, 0.1) is 5.92 Å². The summed E-state index contributed by atoms with van der Waals surface area (Å²) in [6.07, 6.45) is 31.3. The van der Waals surface area contributed by atoms with Gasteiger partial charge in [-0.15, -0.1) is 0 Å². The molecule has 0 amide bonds. The third-order valence-corrected chi connectivity index (χ3v) is 7.75. The van der Waals surface area contributed by atoms with Crippen molar-refractivity contribution in [3.05, 3.63) is 0 Å². The lowest BCUT2D eigenvalue weighted by Gasteiger charge is -2.18. The summed E-state index contributed by atoms with van der Waals surface area (Å²) in [5.41, 5.74) is 0. The van der Waals surface area contributed by atoms with Crippen LogP contribution >= 0.6 is 0 Å². The van der Waals surface area contributed by atoms with Crippen molar-refractivity contribution in [2.75, 3.05) is 13.2 Å². The zero-order valence-corrected chi connectivity index (χ0v) is 25.2. The lowest BCUT2D eigenvalue weighted by molar-refractivity contribution is -0.150. The van der Waals surface area contributed by atoms with Crippen molar-refractivity contribution < 1.29 is 19.7 Å². The minimum absolute atomic E-state index is 0.182. The van der Waals surface area contributed by atoms with Crippen LogP contribution in [-0.2, 0) is 9.53 Å². The number of carbonyl (C=O) groups is 1. The molecule has 4 heteroatoms. The van der Waals surface area contributed by atoms with Crippen LogP contribution in [-0.4, -0.2) is 35.5 Å². The van der Waals surface area contributed by atoms with E-state index >= 15 is 0 Å². The van der Waals surface area contributed by atoms with Crippen LogP contribution in [0.4, 0.5) is 0 Å². The highest BCUT2D eigenvalue weighted by atomic mass is 16.5. The van der Waals surface area contributed by atoms with E-state index in [0.29, 0.717) is 13.0 Å². The molecule has 0 aromatic rings. The average Bonchev–Trinajstić information content (AvgIpc) is 2.90. The summed E-state index contributed by atoms with van der Waals surface area (Å²) in [5, 5.41) is 19.1. The van der Waals surface area contributed by atoms with Crippen molar-refractivity contribution >= 4 is 5.97 Å². The second kappa shape index (κ2) is 29.9. The molecule has 0 spiro atoms. The number of carbonyl (C=O) groups excluding carboxylic acids is 1. The van der Waals surface area contributed by atoms with Gasteiger partial charge >= 0.3 is 5.97 Å². The summed E-state index contributed by atoms with van der Waals surface area (Å²) in [5.74, 6) is -0.472. The Hall–Kier alpha value is -0.610. The van der Waals surface area contributed by atoms with Gasteiger partial charge in [0.05, 0.1) is 25.2 Å². The average molecular weight is 527 g/mol. The molecule has 0 radical (unpaired) electrons. The Balaban J connectivity index is 3.77. The van der Waals surface area contributed by atoms with E-state index in [9.17, 15) is 15.0 Å². The van der Waals surface area contributed by atoms with Gasteiger partial charge in [0.2, 0.25) is 0 Å². The van der Waals surface area contributed by atoms with Crippen LogP contribution in [0.25, 0.3) is 0 Å². The van der Waals surface area contributed by atoms with Gasteiger partial charge in [0.25, 0.3) is 0 Å². The number of ether oxygens (including phenoxy) is 1. The maximum absolute atomic E-state index is 12.6. The van der Waals surface area contributed by atoms with Crippen molar-refractivity contribution in [1.82, 2.24) is 0 Å². The van der Waals surface area contributed by atoms with E-state index < -0.39 is 6.10 Å². The van der Waals surface area contributed by atoms with Crippen LogP contribution in [0.5, 0.6) is 0 Å². The maximum atomic E-state index is 12.6. The maximum Gasteiger partial charge on any atom is 0.309 e. The van der Waals surface area contributed by atoms with E-state index in [1.165, 1.54) is 128 Å². The Kier molecular flexibility index (Phi) is 29.4. The topological polar surface area (TPSA) is 66.8 Å². The minimum atomic E-state index is -0.832. The van der Waals surface area contributed by atoms with Crippen LogP contribution in [0.2, 0.25) is 0 Å². The molecule has 0 saturated carbocycles. The van der Waals surface area contributed by atoms with E-state index in [0.717, 1.165) is 32.1 Å². The first kappa shape index (κ1) is 36.4. The molecule has 0 aliphatic carbocycles. The quantitative estimate of drug-likeness (QED) is 0.0722. The highest BCUT2D eigenvalue weighted by Crippen LogP contribution is 2.20. The Labute approximate surface area is 231 Å². The fraction of sp³-hybridized carbons (Fsp3) is 0.970. The summed E-state index contributed by atoms with van der Waals surface area (Å²) in [6, 6.07) is 0. The van der Waals surface area contributed by atoms with Crippen molar-refractivity contribution in [2.24, 2.45) is 5.92 Å². The molecule has 2 atom stereocenters. The molecular formula is C33H66O4. The minimum Gasteiger partial charge on any atom is -0.465 e. The summed E-state index contributed by atoms with van der Waals surface area (Å²) in [6.45, 7) is 4.72. The standard InChI is InChI=1S/C33H66O4/c1-3-5-7-9-11-13-15-16-17-18-19-21-23-25-27-31(29-32(35)30-34)33(36)37-28-26-24-22-20-14-12-10-8-6-4-2/h31-32,34-35H,3-30H2,1-2H3. The fourth-order valence-corrected chi connectivity index (χ4v) is 5.20. The Bertz CT molecular complexity index is 454. The van der Waals surface area contributed by atoms with E-state index in [2.05, 4.69) is 13.8 Å². The first-order valence-corrected chi connectivity index (χ1v) is 16.6. The molecule has 0 bridgehead atoms. The van der Waals surface area contributed by atoms with Gasteiger partial charge in [0.1, 0.15) is 0 Å². The van der Waals surface area contributed by atoms with Crippen molar-refractivity contribution in [3.63, 3.8) is 0 Å². The van der Waals surface area contributed by atoms with Crippen LogP contribution in [0.3, 0.4) is 0 Å². The predicted molar refractivity (Wildman–Crippen MR) is 159 cm³/mol. The fourth-order valence-electron chi connectivity index (χ4n) is 5.20. The molecule has 0 saturated heterocycles. The monoisotopic (exact) mass is 526 g/mol. The molecule has 2 N–H and O–H groups in total. The number of hydrogen-bond acceptors (Lipinski definition) is 4. The molecule has 0 aliphatic rings. The first-order valence-electron chi connectivity index (χ1n) is 16.6. The predicted octanol–water partition coefficient (Wildman–Crippen LogP) is 9.68. The van der Waals surface area contributed by atoms with E-state index in [-0.39, 0.29) is 18.5 Å². The number of esters is 1. The first-order chi connectivity index (χ1) is 18.2. The molecule has 0 rings (SSSR count).